The summed E-state index contributed by atoms with van der Waals surface area (Å²) in [5.74, 6) is -2.92. The van der Waals surface area contributed by atoms with E-state index in [9.17, 15) is 18.4 Å². The van der Waals surface area contributed by atoms with Crippen LogP contribution in [0.5, 0.6) is 0 Å². The second-order valence-corrected chi connectivity index (χ2v) is 10.0. The molecular formula is C24H31F2N3O2. The van der Waals surface area contributed by atoms with Gasteiger partial charge in [-0.2, -0.15) is 0 Å². The molecule has 5 atom stereocenters. The molecule has 4 aliphatic rings. The van der Waals surface area contributed by atoms with Crippen molar-refractivity contribution in [1.82, 2.24) is 15.1 Å². The first-order valence-corrected chi connectivity index (χ1v) is 11.6. The van der Waals surface area contributed by atoms with E-state index in [0.717, 1.165) is 25.8 Å². The Balaban J connectivity index is 1.31. The van der Waals surface area contributed by atoms with E-state index in [1.54, 1.807) is 0 Å². The first-order chi connectivity index (χ1) is 14.8. The third-order valence-electron chi connectivity index (χ3n) is 8.00. The Morgan fingerprint density at radius 1 is 1.13 bits per heavy atom. The SMILES string of the molecule is CN1Cc2ccccc2CC1C(=O)N[C@H]1[C@@H]2CC[C@@H](C2)[C@H]1C(=O)N1CCCC(F)(F)C1. The lowest BCUT2D eigenvalue weighted by molar-refractivity contribution is -0.148. The van der Waals surface area contributed by atoms with Crippen LogP contribution in [0.4, 0.5) is 8.78 Å². The van der Waals surface area contributed by atoms with Gasteiger partial charge in [0.25, 0.3) is 5.92 Å². The highest BCUT2D eigenvalue weighted by atomic mass is 19.3. The van der Waals surface area contributed by atoms with Crippen LogP contribution in [0.2, 0.25) is 0 Å². The van der Waals surface area contributed by atoms with Crippen molar-refractivity contribution < 1.29 is 18.4 Å². The molecule has 2 saturated carbocycles. The van der Waals surface area contributed by atoms with Gasteiger partial charge in [-0.3, -0.25) is 14.5 Å². The number of amides is 2. The summed E-state index contributed by atoms with van der Waals surface area (Å²) < 4.78 is 27.9. The number of benzene rings is 1. The fraction of sp³-hybridized carbons (Fsp3) is 0.667. The normalized spacial score (nSPS) is 34.4. The van der Waals surface area contributed by atoms with Crippen LogP contribution in [0.1, 0.15) is 43.2 Å². The molecule has 1 N–H and O–H groups in total. The Labute approximate surface area is 182 Å². The van der Waals surface area contributed by atoms with Gasteiger partial charge in [-0.1, -0.05) is 24.3 Å². The molecule has 1 unspecified atom stereocenters. The molecule has 3 fully saturated rings. The molecule has 2 bridgehead atoms. The molecule has 2 heterocycles. The standard InChI is InChI=1S/C24H31F2N3O2/c1-28-13-18-6-3-2-5-15(18)12-19(28)22(30)27-21-17-8-7-16(11-17)20(21)23(31)29-10-4-9-24(25,26)14-29/h2-3,5-6,16-17,19-21H,4,7-14H2,1H3,(H,27,30)/t16-,17+,19?,20+,21-/m0/s1. The quantitative estimate of drug-likeness (QED) is 0.801. The van der Waals surface area contributed by atoms with E-state index in [-0.39, 0.29) is 48.1 Å². The third-order valence-corrected chi connectivity index (χ3v) is 8.00. The van der Waals surface area contributed by atoms with Gasteiger partial charge in [-0.15, -0.1) is 0 Å². The summed E-state index contributed by atoms with van der Waals surface area (Å²) in [5, 5.41) is 3.22. The molecule has 1 aromatic carbocycles. The molecule has 2 aliphatic heterocycles. The fourth-order valence-electron chi connectivity index (χ4n) is 6.43. The molecular weight excluding hydrogens is 400 g/mol. The number of hydrogen-bond acceptors (Lipinski definition) is 3. The van der Waals surface area contributed by atoms with E-state index in [1.807, 2.05) is 19.2 Å². The average molecular weight is 432 g/mol. The van der Waals surface area contributed by atoms with Crippen LogP contribution < -0.4 is 5.32 Å². The summed E-state index contributed by atoms with van der Waals surface area (Å²) in [6.45, 7) is 0.629. The number of likely N-dealkylation sites (tertiary alicyclic amines) is 1. The van der Waals surface area contributed by atoms with E-state index in [2.05, 4.69) is 22.3 Å². The zero-order valence-electron chi connectivity index (χ0n) is 18.0. The Morgan fingerprint density at radius 2 is 1.87 bits per heavy atom. The summed E-state index contributed by atoms with van der Waals surface area (Å²) in [6.07, 6.45) is 3.70. The Kier molecular flexibility index (Phi) is 5.27. The van der Waals surface area contributed by atoms with Crippen molar-refractivity contribution in [2.75, 3.05) is 20.1 Å². The Morgan fingerprint density at radius 3 is 2.65 bits per heavy atom. The molecule has 2 amide bonds. The number of hydrogen-bond donors (Lipinski definition) is 1. The molecule has 7 heteroatoms. The number of carbonyl (C=O) groups is 2. The number of halogens is 2. The van der Waals surface area contributed by atoms with E-state index in [1.165, 1.54) is 16.0 Å². The van der Waals surface area contributed by atoms with Gasteiger partial charge in [-0.05, 0) is 62.1 Å². The second-order valence-electron chi connectivity index (χ2n) is 10.0. The number of nitrogens with one attached hydrogen (secondary N) is 1. The van der Waals surface area contributed by atoms with Crippen molar-refractivity contribution in [2.24, 2.45) is 17.8 Å². The Hall–Kier alpha value is -2.02. The fourth-order valence-corrected chi connectivity index (χ4v) is 6.43. The highest BCUT2D eigenvalue weighted by molar-refractivity contribution is 5.85. The van der Waals surface area contributed by atoms with Crippen molar-refractivity contribution >= 4 is 11.8 Å². The summed E-state index contributed by atoms with van der Waals surface area (Å²) in [6, 6.07) is 7.67. The zero-order valence-corrected chi connectivity index (χ0v) is 18.0. The molecule has 5 rings (SSSR count). The van der Waals surface area contributed by atoms with Crippen molar-refractivity contribution in [3.8, 4) is 0 Å². The summed E-state index contributed by atoms with van der Waals surface area (Å²) in [5.41, 5.74) is 2.44. The number of fused-ring (bicyclic) bond motifs is 3. The average Bonchev–Trinajstić information content (AvgIpc) is 3.33. The number of carbonyl (C=O) groups excluding carboxylic acids is 2. The minimum atomic E-state index is -2.80. The minimum Gasteiger partial charge on any atom is -0.351 e. The molecule has 1 aromatic rings. The summed E-state index contributed by atoms with van der Waals surface area (Å²) in [7, 11) is 1.96. The van der Waals surface area contributed by atoms with Gasteiger partial charge in [0.15, 0.2) is 0 Å². The predicted molar refractivity (Wildman–Crippen MR) is 112 cm³/mol. The second kappa shape index (κ2) is 7.84. The molecule has 0 aromatic heterocycles. The van der Waals surface area contributed by atoms with Crippen LogP contribution in [0.25, 0.3) is 0 Å². The minimum absolute atomic E-state index is 0.0451. The van der Waals surface area contributed by atoms with E-state index >= 15 is 0 Å². The number of likely N-dealkylation sites (N-methyl/N-ethyl adjacent to an activating group) is 1. The molecule has 0 radical (unpaired) electrons. The van der Waals surface area contributed by atoms with Crippen molar-refractivity contribution in [2.45, 2.75) is 63.1 Å². The van der Waals surface area contributed by atoms with Gasteiger partial charge in [0.2, 0.25) is 11.8 Å². The smallest absolute Gasteiger partial charge is 0.265 e. The summed E-state index contributed by atoms with van der Waals surface area (Å²) in [4.78, 5) is 30.0. The van der Waals surface area contributed by atoms with Crippen LogP contribution in [0, 0.1) is 17.8 Å². The molecule has 5 nitrogen and oxygen atoms in total. The van der Waals surface area contributed by atoms with E-state index in [4.69, 9.17) is 0 Å². The summed E-state index contributed by atoms with van der Waals surface area (Å²) >= 11 is 0. The first-order valence-electron chi connectivity index (χ1n) is 11.6. The number of nitrogens with zero attached hydrogens (tertiary/aromatic N) is 2. The van der Waals surface area contributed by atoms with Gasteiger partial charge in [-0.25, -0.2) is 8.78 Å². The maximum Gasteiger partial charge on any atom is 0.265 e. The van der Waals surface area contributed by atoms with Crippen LogP contribution in [0.3, 0.4) is 0 Å². The molecule has 1 saturated heterocycles. The van der Waals surface area contributed by atoms with Crippen molar-refractivity contribution in [3.05, 3.63) is 35.4 Å². The number of piperidine rings is 1. The molecule has 31 heavy (non-hydrogen) atoms. The number of rotatable bonds is 3. The van der Waals surface area contributed by atoms with Crippen LogP contribution >= 0.6 is 0 Å². The van der Waals surface area contributed by atoms with Crippen molar-refractivity contribution in [1.29, 1.82) is 0 Å². The van der Waals surface area contributed by atoms with E-state index < -0.39 is 12.5 Å². The van der Waals surface area contributed by atoms with Crippen LogP contribution in [0.15, 0.2) is 24.3 Å². The van der Waals surface area contributed by atoms with Gasteiger partial charge in [0.1, 0.15) is 0 Å². The van der Waals surface area contributed by atoms with Gasteiger partial charge in [0, 0.05) is 25.6 Å². The Bertz CT molecular complexity index is 876. The lowest BCUT2D eigenvalue weighted by Gasteiger charge is -2.39. The van der Waals surface area contributed by atoms with Gasteiger partial charge < -0.3 is 10.2 Å². The van der Waals surface area contributed by atoms with E-state index in [0.29, 0.717) is 19.4 Å². The lowest BCUT2D eigenvalue weighted by Crippen LogP contribution is -2.57. The topological polar surface area (TPSA) is 52.7 Å². The number of alkyl halides is 2. The van der Waals surface area contributed by atoms with Gasteiger partial charge >= 0.3 is 0 Å². The monoisotopic (exact) mass is 431 g/mol. The maximum absolute atomic E-state index is 13.9. The van der Waals surface area contributed by atoms with Crippen LogP contribution in [-0.4, -0.2) is 59.8 Å². The first kappa shape index (κ1) is 20.9. The van der Waals surface area contributed by atoms with Crippen molar-refractivity contribution in [3.63, 3.8) is 0 Å². The predicted octanol–water partition coefficient (Wildman–Crippen LogP) is 2.83. The highest BCUT2D eigenvalue weighted by Gasteiger charge is 2.53. The third kappa shape index (κ3) is 3.86. The largest absolute Gasteiger partial charge is 0.351 e. The van der Waals surface area contributed by atoms with Gasteiger partial charge in [0.05, 0.1) is 18.5 Å². The molecule has 2 aliphatic carbocycles. The lowest BCUT2D eigenvalue weighted by atomic mass is 9.82. The molecule has 168 valence electrons. The maximum atomic E-state index is 13.9. The highest BCUT2D eigenvalue weighted by Crippen LogP contribution is 2.49. The zero-order chi connectivity index (χ0) is 21.8. The van der Waals surface area contributed by atoms with Crippen LogP contribution in [-0.2, 0) is 22.6 Å². The molecule has 0 spiro atoms.